The Bertz CT molecular complexity index is 275. The van der Waals surface area contributed by atoms with Gasteiger partial charge in [0.05, 0.1) is 24.0 Å². The maximum atomic E-state index is 8.91. The van der Waals surface area contributed by atoms with Gasteiger partial charge >= 0.3 is 0 Å². The molecule has 12 heavy (non-hydrogen) atoms. The smallest absolute Gasteiger partial charge is 0.0665 e. The summed E-state index contributed by atoms with van der Waals surface area (Å²) in [6.45, 7) is 0.953. The van der Waals surface area contributed by atoms with E-state index >= 15 is 0 Å². The number of benzene rings is 1. The quantitative estimate of drug-likeness (QED) is 0.577. The highest BCUT2D eigenvalue weighted by molar-refractivity contribution is 5.70. The summed E-state index contributed by atoms with van der Waals surface area (Å²) in [7, 11) is 0. The predicted molar refractivity (Wildman–Crippen MR) is 49.4 cm³/mol. The lowest BCUT2D eigenvalue weighted by Gasteiger charge is -2.26. The number of aliphatic hydroxyl groups excluding tert-OH is 1. The van der Waals surface area contributed by atoms with Crippen molar-refractivity contribution >= 4 is 11.4 Å². The Morgan fingerprint density at radius 2 is 2.08 bits per heavy atom. The molecule has 0 aliphatic carbocycles. The summed E-state index contributed by atoms with van der Waals surface area (Å²) in [5.41, 5.74) is 2.19. The van der Waals surface area contributed by atoms with Gasteiger partial charge in [-0.05, 0) is 12.1 Å². The highest BCUT2D eigenvalue weighted by Crippen LogP contribution is 2.24. The Morgan fingerprint density at radius 3 is 2.83 bits per heavy atom. The van der Waals surface area contributed by atoms with Gasteiger partial charge < -0.3 is 15.7 Å². The molecule has 1 aliphatic rings. The molecule has 0 fully saturated rings. The third-order valence-corrected chi connectivity index (χ3v) is 2.05. The molecule has 0 radical (unpaired) electrons. The van der Waals surface area contributed by atoms with Crippen LogP contribution in [0.1, 0.15) is 0 Å². The Kier molecular flexibility index (Phi) is 1.87. The Balaban J connectivity index is 2.23. The minimum atomic E-state index is 0.139. The molecule has 1 aromatic carbocycles. The van der Waals surface area contributed by atoms with Gasteiger partial charge in [0.25, 0.3) is 0 Å². The SMILES string of the molecule is OCC1CNc2ccccc2N1. The van der Waals surface area contributed by atoms with Crippen LogP contribution in [0.4, 0.5) is 11.4 Å². The van der Waals surface area contributed by atoms with Gasteiger partial charge in [-0.2, -0.15) is 0 Å². The number of para-hydroxylation sites is 2. The van der Waals surface area contributed by atoms with Crippen LogP contribution in [-0.2, 0) is 0 Å². The minimum absolute atomic E-state index is 0.139. The molecule has 3 N–H and O–H groups in total. The van der Waals surface area contributed by atoms with Crippen molar-refractivity contribution in [2.45, 2.75) is 6.04 Å². The molecule has 2 rings (SSSR count). The van der Waals surface area contributed by atoms with Gasteiger partial charge in [-0.15, -0.1) is 0 Å². The van der Waals surface area contributed by atoms with Crippen LogP contribution in [0, 0.1) is 0 Å². The first-order chi connectivity index (χ1) is 5.90. The zero-order chi connectivity index (χ0) is 8.39. The Labute approximate surface area is 71.4 Å². The normalized spacial score (nSPS) is 20.6. The van der Waals surface area contributed by atoms with Crippen LogP contribution in [0.5, 0.6) is 0 Å². The summed E-state index contributed by atoms with van der Waals surface area (Å²) in [6, 6.07) is 8.14. The van der Waals surface area contributed by atoms with Crippen molar-refractivity contribution in [2.75, 3.05) is 23.8 Å². The summed E-state index contributed by atoms with van der Waals surface area (Å²) in [5.74, 6) is 0. The zero-order valence-electron chi connectivity index (χ0n) is 6.75. The average Bonchev–Trinajstić information content (AvgIpc) is 2.17. The van der Waals surface area contributed by atoms with Crippen LogP contribution in [0.2, 0.25) is 0 Å². The van der Waals surface area contributed by atoms with Crippen molar-refractivity contribution in [3.63, 3.8) is 0 Å². The van der Waals surface area contributed by atoms with Crippen LogP contribution in [0.25, 0.3) is 0 Å². The van der Waals surface area contributed by atoms with Crippen molar-refractivity contribution in [2.24, 2.45) is 0 Å². The lowest BCUT2D eigenvalue weighted by molar-refractivity contribution is 0.277. The molecule has 1 heterocycles. The first-order valence-electron chi connectivity index (χ1n) is 4.10. The first-order valence-corrected chi connectivity index (χ1v) is 4.10. The third-order valence-electron chi connectivity index (χ3n) is 2.05. The van der Waals surface area contributed by atoms with Crippen LogP contribution >= 0.6 is 0 Å². The molecule has 3 nitrogen and oxygen atoms in total. The van der Waals surface area contributed by atoms with E-state index in [0.29, 0.717) is 0 Å². The first kappa shape index (κ1) is 7.43. The Morgan fingerprint density at radius 1 is 1.33 bits per heavy atom. The van der Waals surface area contributed by atoms with Crippen molar-refractivity contribution in [1.82, 2.24) is 0 Å². The lowest BCUT2D eigenvalue weighted by atomic mass is 10.1. The van der Waals surface area contributed by atoms with Gasteiger partial charge in [-0.1, -0.05) is 12.1 Å². The fourth-order valence-electron chi connectivity index (χ4n) is 1.38. The van der Waals surface area contributed by atoms with E-state index in [1.165, 1.54) is 0 Å². The number of aliphatic hydroxyl groups is 1. The molecule has 1 atom stereocenters. The van der Waals surface area contributed by atoms with E-state index in [1.54, 1.807) is 0 Å². The second kappa shape index (κ2) is 3.03. The summed E-state index contributed by atoms with van der Waals surface area (Å²) in [6.07, 6.45) is 0. The van der Waals surface area contributed by atoms with E-state index < -0.39 is 0 Å². The molecule has 1 aliphatic heterocycles. The summed E-state index contributed by atoms with van der Waals surface area (Å²) < 4.78 is 0. The molecule has 3 heteroatoms. The molecule has 0 bridgehead atoms. The van der Waals surface area contributed by atoms with Crippen LogP contribution in [0.3, 0.4) is 0 Å². The number of fused-ring (bicyclic) bond motifs is 1. The monoisotopic (exact) mass is 164 g/mol. The summed E-state index contributed by atoms with van der Waals surface area (Å²) in [5, 5.41) is 15.4. The molecule has 0 amide bonds. The molecule has 64 valence electrons. The molecule has 0 spiro atoms. The molecular weight excluding hydrogens is 152 g/mol. The van der Waals surface area contributed by atoms with Gasteiger partial charge in [-0.25, -0.2) is 0 Å². The van der Waals surface area contributed by atoms with Crippen LogP contribution in [-0.4, -0.2) is 24.3 Å². The lowest BCUT2D eigenvalue weighted by Crippen LogP contribution is -2.35. The molecule has 1 aromatic rings. The predicted octanol–water partition coefficient (Wildman–Crippen LogP) is 0.885. The molecule has 0 aromatic heterocycles. The Hall–Kier alpha value is -1.22. The maximum Gasteiger partial charge on any atom is 0.0665 e. The van der Waals surface area contributed by atoms with Gasteiger partial charge in [0, 0.05) is 6.54 Å². The number of rotatable bonds is 1. The number of anilines is 2. The highest BCUT2D eigenvalue weighted by Gasteiger charge is 2.14. The van der Waals surface area contributed by atoms with E-state index in [9.17, 15) is 0 Å². The molecule has 0 saturated carbocycles. The fourth-order valence-corrected chi connectivity index (χ4v) is 1.38. The molecular formula is C9H12N2O. The number of nitrogens with one attached hydrogen (secondary N) is 2. The minimum Gasteiger partial charge on any atom is -0.394 e. The van der Waals surface area contributed by atoms with E-state index in [1.807, 2.05) is 24.3 Å². The van der Waals surface area contributed by atoms with Crippen molar-refractivity contribution in [3.05, 3.63) is 24.3 Å². The second-order valence-corrected chi connectivity index (χ2v) is 2.95. The van der Waals surface area contributed by atoms with E-state index in [4.69, 9.17) is 5.11 Å². The van der Waals surface area contributed by atoms with Crippen molar-refractivity contribution < 1.29 is 5.11 Å². The largest absolute Gasteiger partial charge is 0.394 e. The van der Waals surface area contributed by atoms with Crippen LogP contribution < -0.4 is 10.6 Å². The standard InChI is InChI=1S/C9H12N2O/c12-6-7-5-10-8-3-1-2-4-9(8)11-7/h1-4,7,10-12H,5-6H2. The van der Waals surface area contributed by atoms with Gasteiger partial charge in [0.15, 0.2) is 0 Å². The van der Waals surface area contributed by atoms with E-state index in [0.717, 1.165) is 17.9 Å². The van der Waals surface area contributed by atoms with Crippen LogP contribution in [0.15, 0.2) is 24.3 Å². The maximum absolute atomic E-state index is 8.91. The van der Waals surface area contributed by atoms with Crippen molar-refractivity contribution in [1.29, 1.82) is 0 Å². The van der Waals surface area contributed by atoms with Gasteiger partial charge in [0.1, 0.15) is 0 Å². The topological polar surface area (TPSA) is 44.3 Å². The number of hydrogen-bond donors (Lipinski definition) is 3. The zero-order valence-corrected chi connectivity index (χ0v) is 6.75. The average molecular weight is 164 g/mol. The third kappa shape index (κ3) is 1.23. The highest BCUT2D eigenvalue weighted by atomic mass is 16.3. The second-order valence-electron chi connectivity index (χ2n) is 2.95. The van der Waals surface area contributed by atoms with E-state index in [-0.39, 0.29) is 12.6 Å². The van der Waals surface area contributed by atoms with Crippen molar-refractivity contribution in [3.8, 4) is 0 Å². The number of hydrogen-bond acceptors (Lipinski definition) is 3. The summed E-state index contributed by atoms with van der Waals surface area (Å²) >= 11 is 0. The molecule has 1 unspecified atom stereocenters. The fraction of sp³-hybridized carbons (Fsp3) is 0.333. The van der Waals surface area contributed by atoms with Gasteiger partial charge in [0.2, 0.25) is 0 Å². The van der Waals surface area contributed by atoms with Gasteiger partial charge in [-0.3, -0.25) is 0 Å². The molecule has 0 saturated heterocycles. The van der Waals surface area contributed by atoms with E-state index in [2.05, 4.69) is 10.6 Å². The summed E-state index contributed by atoms with van der Waals surface area (Å²) in [4.78, 5) is 0.